The van der Waals surface area contributed by atoms with E-state index in [2.05, 4.69) is 10.6 Å². The summed E-state index contributed by atoms with van der Waals surface area (Å²) in [4.78, 5) is 60.5. The zero-order valence-corrected chi connectivity index (χ0v) is 14.6. The number of imide groups is 2. The smallest absolute Gasteiger partial charge is 0.326 e. The molecule has 1 aromatic rings. The fourth-order valence-electron chi connectivity index (χ4n) is 2.39. The summed E-state index contributed by atoms with van der Waals surface area (Å²) >= 11 is 0. The minimum absolute atomic E-state index is 0.155. The van der Waals surface area contributed by atoms with Gasteiger partial charge in [0.1, 0.15) is 6.54 Å². The molecule has 0 radical (unpaired) electrons. The van der Waals surface area contributed by atoms with Crippen LogP contribution in [0.15, 0.2) is 24.3 Å². The van der Waals surface area contributed by atoms with E-state index in [-0.39, 0.29) is 12.5 Å². The maximum atomic E-state index is 12.2. The van der Waals surface area contributed by atoms with Gasteiger partial charge in [-0.2, -0.15) is 0 Å². The number of nitrogens with zero attached hydrogens (tertiary/aromatic N) is 2. The predicted octanol–water partition coefficient (Wildman–Crippen LogP) is 1.17. The molecule has 9 heteroatoms. The van der Waals surface area contributed by atoms with E-state index in [0.717, 1.165) is 11.3 Å². The molecule has 2 N–H and O–H groups in total. The molecule has 6 amide bonds. The van der Waals surface area contributed by atoms with Gasteiger partial charge in [-0.25, -0.2) is 9.69 Å². The Bertz CT molecular complexity index is 744. The summed E-state index contributed by atoms with van der Waals surface area (Å²) < 4.78 is 0. The summed E-state index contributed by atoms with van der Waals surface area (Å²) in [5, 5.41) is 5.13. The number of nitrogens with one attached hydrogen (secondary N) is 2. The lowest BCUT2D eigenvalue weighted by molar-refractivity contribution is -0.143. The third kappa shape index (κ3) is 4.44. The van der Waals surface area contributed by atoms with E-state index in [9.17, 15) is 24.0 Å². The minimum Gasteiger partial charge on any atom is -0.326 e. The molecule has 138 valence electrons. The number of rotatable bonds is 7. The van der Waals surface area contributed by atoms with Crippen molar-refractivity contribution in [2.75, 3.05) is 23.7 Å². The molecule has 2 rings (SSSR count). The third-order valence-corrected chi connectivity index (χ3v) is 3.66. The van der Waals surface area contributed by atoms with Crippen molar-refractivity contribution in [1.82, 2.24) is 9.80 Å². The summed E-state index contributed by atoms with van der Waals surface area (Å²) in [5.41, 5.74) is 0.995. The average Bonchev–Trinajstić information content (AvgIpc) is 2.78. The maximum absolute atomic E-state index is 12.2. The van der Waals surface area contributed by atoms with Gasteiger partial charge >= 0.3 is 17.8 Å². The van der Waals surface area contributed by atoms with Gasteiger partial charge in [0, 0.05) is 24.8 Å². The van der Waals surface area contributed by atoms with Gasteiger partial charge in [-0.15, -0.1) is 0 Å². The molecule has 1 heterocycles. The van der Waals surface area contributed by atoms with Crippen molar-refractivity contribution in [3.8, 4) is 0 Å². The quantitative estimate of drug-likeness (QED) is 0.559. The Kier molecular flexibility index (Phi) is 6.05. The molecule has 1 aliphatic rings. The van der Waals surface area contributed by atoms with Gasteiger partial charge in [0.25, 0.3) is 0 Å². The van der Waals surface area contributed by atoms with Crippen LogP contribution in [-0.4, -0.2) is 52.5 Å². The molecule has 9 nitrogen and oxygen atoms in total. The second-order valence-corrected chi connectivity index (χ2v) is 5.79. The highest BCUT2D eigenvalue weighted by Gasteiger charge is 2.44. The first-order valence-electron chi connectivity index (χ1n) is 8.18. The van der Waals surface area contributed by atoms with Crippen LogP contribution in [0.1, 0.15) is 26.7 Å². The summed E-state index contributed by atoms with van der Waals surface area (Å²) in [6.45, 7) is 2.89. The van der Waals surface area contributed by atoms with Crippen molar-refractivity contribution in [2.24, 2.45) is 0 Å². The average molecular weight is 360 g/mol. The number of hydrogen-bond acceptors (Lipinski definition) is 5. The van der Waals surface area contributed by atoms with Gasteiger partial charge in [-0.3, -0.25) is 24.1 Å². The van der Waals surface area contributed by atoms with Crippen LogP contribution in [0, 0.1) is 0 Å². The molecular formula is C17H20N4O5. The van der Waals surface area contributed by atoms with Crippen LogP contribution in [0.3, 0.4) is 0 Å². The number of benzene rings is 1. The highest BCUT2D eigenvalue weighted by Crippen LogP contribution is 2.15. The molecular weight excluding hydrogens is 340 g/mol. The molecule has 1 aromatic carbocycles. The first-order chi connectivity index (χ1) is 12.3. The van der Waals surface area contributed by atoms with E-state index in [4.69, 9.17) is 0 Å². The van der Waals surface area contributed by atoms with Crippen molar-refractivity contribution in [1.29, 1.82) is 0 Å². The van der Waals surface area contributed by atoms with Crippen molar-refractivity contribution in [3.63, 3.8) is 0 Å². The lowest BCUT2D eigenvalue weighted by Gasteiger charge is -2.15. The largest absolute Gasteiger partial charge is 0.334 e. The van der Waals surface area contributed by atoms with E-state index < -0.39 is 30.3 Å². The summed E-state index contributed by atoms with van der Waals surface area (Å²) in [6, 6.07) is 5.55. The number of hydrogen-bond donors (Lipinski definition) is 2. The molecule has 1 fully saturated rings. The van der Waals surface area contributed by atoms with Gasteiger partial charge in [0.05, 0.1) is 0 Å². The van der Waals surface area contributed by atoms with Gasteiger partial charge in [0.2, 0.25) is 11.8 Å². The molecule has 0 bridgehead atoms. The number of unbranched alkanes of at least 4 members (excludes halogenated alkanes) is 1. The second kappa shape index (κ2) is 8.24. The molecule has 0 spiro atoms. The second-order valence-electron chi connectivity index (χ2n) is 5.79. The Morgan fingerprint density at radius 3 is 2.00 bits per heavy atom. The first kappa shape index (κ1) is 19.1. The van der Waals surface area contributed by atoms with Crippen LogP contribution in [0.4, 0.5) is 16.2 Å². The molecule has 0 aliphatic carbocycles. The molecule has 26 heavy (non-hydrogen) atoms. The Balaban J connectivity index is 1.96. The number of carbonyl (C=O) groups is 5. The topological polar surface area (TPSA) is 116 Å². The SMILES string of the molecule is CCCCN1C(=O)C(=O)N(CC(=O)Nc2ccc(NC(C)=O)cc2)C1=O. The monoisotopic (exact) mass is 360 g/mol. The number of carbonyl (C=O) groups excluding carboxylic acids is 5. The fraction of sp³-hybridized carbons (Fsp3) is 0.353. The Labute approximate surface area is 150 Å². The number of anilines is 2. The van der Waals surface area contributed by atoms with Crippen LogP contribution < -0.4 is 10.6 Å². The van der Waals surface area contributed by atoms with Crippen molar-refractivity contribution >= 4 is 41.0 Å². The van der Waals surface area contributed by atoms with E-state index in [1.54, 1.807) is 24.3 Å². The molecule has 0 unspecified atom stereocenters. The van der Waals surface area contributed by atoms with Gasteiger partial charge in [-0.05, 0) is 30.7 Å². The van der Waals surface area contributed by atoms with E-state index in [1.807, 2.05) is 6.92 Å². The third-order valence-electron chi connectivity index (χ3n) is 3.66. The van der Waals surface area contributed by atoms with Crippen LogP contribution >= 0.6 is 0 Å². The number of amides is 6. The van der Waals surface area contributed by atoms with E-state index in [1.165, 1.54) is 6.92 Å². The number of urea groups is 1. The van der Waals surface area contributed by atoms with Gasteiger partial charge in [-0.1, -0.05) is 13.3 Å². The summed E-state index contributed by atoms with van der Waals surface area (Å²) in [7, 11) is 0. The Morgan fingerprint density at radius 1 is 0.923 bits per heavy atom. The standard InChI is InChI=1S/C17H20N4O5/c1-3-4-9-20-15(24)16(25)21(17(20)26)10-14(23)19-13-7-5-12(6-8-13)18-11(2)22/h5-8H,3-4,9-10H2,1-2H3,(H,18,22)(H,19,23). The highest BCUT2D eigenvalue weighted by molar-refractivity contribution is 6.45. The fourth-order valence-corrected chi connectivity index (χ4v) is 2.39. The van der Waals surface area contributed by atoms with Gasteiger partial charge < -0.3 is 10.6 Å². The highest BCUT2D eigenvalue weighted by atomic mass is 16.2. The van der Waals surface area contributed by atoms with Crippen LogP contribution in [0.25, 0.3) is 0 Å². The predicted molar refractivity (Wildman–Crippen MR) is 93.1 cm³/mol. The zero-order valence-electron chi connectivity index (χ0n) is 14.6. The van der Waals surface area contributed by atoms with Gasteiger partial charge in [0.15, 0.2) is 0 Å². The zero-order chi connectivity index (χ0) is 19.3. The molecule has 0 saturated carbocycles. The van der Waals surface area contributed by atoms with Crippen molar-refractivity contribution in [2.45, 2.75) is 26.7 Å². The van der Waals surface area contributed by atoms with Crippen molar-refractivity contribution in [3.05, 3.63) is 24.3 Å². The van der Waals surface area contributed by atoms with E-state index >= 15 is 0 Å². The van der Waals surface area contributed by atoms with Crippen LogP contribution in [-0.2, 0) is 19.2 Å². The van der Waals surface area contributed by atoms with Crippen LogP contribution in [0.5, 0.6) is 0 Å². The maximum Gasteiger partial charge on any atom is 0.334 e. The van der Waals surface area contributed by atoms with Crippen molar-refractivity contribution < 1.29 is 24.0 Å². The molecule has 1 saturated heterocycles. The van der Waals surface area contributed by atoms with Crippen LogP contribution in [0.2, 0.25) is 0 Å². The molecule has 0 atom stereocenters. The Morgan fingerprint density at radius 2 is 1.46 bits per heavy atom. The summed E-state index contributed by atoms with van der Waals surface area (Å²) in [5.74, 6) is -2.73. The summed E-state index contributed by atoms with van der Waals surface area (Å²) in [6.07, 6.45) is 1.35. The normalized spacial score (nSPS) is 14.0. The molecule has 1 aliphatic heterocycles. The van der Waals surface area contributed by atoms with E-state index in [0.29, 0.717) is 22.7 Å². The minimum atomic E-state index is -0.998. The molecule has 0 aromatic heterocycles. The Hall–Kier alpha value is -3.23. The lowest BCUT2D eigenvalue weighted by atomic mass is 10.2. The first-order valence-corrected chi connectivity index (χ1v) is 8.18. The lowest BCUT2D eigenvalue weighted by Crippen LogP contribution is -2.39.